The van der Waals surface area contributed by atoms with Gasteiger partial charge in [0.15, 0.2) is 5.11 Å². The molecule has 0 saturated heterocycles. The Balaban J connectivity index is 1.63. The molecule has 0 saturated carbocycles. The molecule has 4 aromatic rings. The Morgan fingerprint density at radius 1 is 0.889 bits per heavy atom. The van der Waals surface area contributed by atoms with Gasteiger partial charge in [0.1, 0.15) is 0 Å². The Labute approximate surface area is 171 Å². The number of imidazole rings is 1. The zero-order valence-corrected chi connectivity index (χ0v) is 16.8. The Morgan fingerprint density at radius 2 is 1.59 bits per heavy atom. The first-order valence-corrected chi connectivity index (χ1v) is 9.72. The first-order valence-electron chi connectivity index (χ1n) is 8.52. The number of hydrogen-bond donors (Lipinski definition) is 2. The summed E-state index contributed by atoms with van der Waals surface area (Å²) in [6, 6.07) is 26.2. The van der Waals surface area contributed by atoms with Gasteiger partial charge in [-0.05, 0) is 54.2 Å². The molecule has 0 aliphatic heterocycles. The van der Waals surface area contributed by atoms with Gasteiger partial charge < -0.3 is 15.2 Å². The highest BCUT2D eigenvalue weighted by Crippen LogP contribution is 2.22. The second-order valence-electron chi connectivity index (χ2n) is 6.08. The Hall–Kier alpha value is -2.70. The highest BCUT2D eigenvalue weighted by atomic mass is 79.9. The smallest absolute Gasteiger partial charge is 0.210 e. The summed E-state index contributed by atoms with van der Waals surface area (Å²) in [4.78, 5) is 4.72. The van der Waals surface area contributed by atoms with Crippen LogP contribution in [0.5, 0.6) is 0 Å². The van der Waals surface area contributed by atoms with Gasteiger partial charge in [0.05, 0.1) is 17.6 Å². The molecule has 4 nitrogen and oxygen atoms in total. The zero-order chi connectivity index (χ0) is 18.6. The summed E-state index contributed by atoms with van der Waals surface area (Å²) in [6.07, 6.45) is 0. The van der Waals surface area contributed by atoms with Crippen molar-refractivity contribution < 1.29 is 0 Å². The lowest BCUT2D eigenvalue weighted by atomic mass is 10.2. The first-order chi connectivity index (χ1) is 13.2. The molecule has 0 spiro atoms. The van der Waals surface area contributed by atoms with Crippen LogP contribution in [0.4, 0.5) is 11.6 Å². The molecule has 0 atom stereocenters. The van der Waals surface area contributed by atoms with Gasteiger partial charge >= 0.3 is 0 Å². The topological polar surface area (TPSA) is 41.9 Å². The second kappa shape index (κ2) is 7.90. The van der Waals surface area contributed by atoms with Crippen molar-refractivity contribution in [3.63, 3.8) is 0 Å². The average Bonchev–Trinajstić information content (AvgIpc) is 3.01. The van der Waals surface area contributed by atoms with Crippen molar-refractivity contribution in [3.05, 3.63) is 88.9 Å². The van der Waals surface area contributed by atoms with Crippen molar-refractivity contribution in [1.82, 2.24) is 9.55 Å². The summed E-state index contributed by atoms with van der Waals surface area (Å²) in [5, 5.41) is 6.95. The van der Waals surface area contributed by atoms with E-state index in [9.17, 15) is 0 Å². The van der Waals surface area contributed by atoms with E-state index in [-0.39, 0.29) is 0 Å². The van der Waals surface area contributed by atoms with Crippen LogP contribution >= 0.6 is 28.1 Å². The minimum Gasteiger partial charge on any atom is -0.332 e. The van der Waals surface area contributed by atoms with Crippen molar-refractivity contribution in [2.24, 2.45) is 0 Å². The largest absolute Gasteiger partial charge is 0.332 e. The molecule has 0 aliphatic carbocycles. The zero-order valence-electron chi connectivity index (χ0n) is 14.4. The van der Waals surface area contributed by atoms with Crippen molar-refractivity contribution >= 4 is 55.9 Å². The number of benzene rings is 3. The van der Waals surface area contributed by atoms with Crippen LogP contribution in [-0.2, 0) is 6.54 Å². The van der Waals surface area contributed by atoms with Gasteiger partial charge in [-0.2, -0.15) is 0 Å². The number of anilines is 2. The lowest BCUT2D eigenvalue weighted by Gasteiger charge is -2.13. The molecule has 27 heavy (non-hydrogen) atoms. The summed E-state index contributed by atoms with van der Waals surface area (Å²) in [5.74, 6) is 0.715. The molecule has 3 aromatic carbocycles. The summed E-state index contributed by atoms with van der Waals surface area (Å²) in [6.45, 7) is 0.698. The highest BCUT2D eigenvalue weighted by molar-refractivity contribution is 9.10. The van der Waals surface area contributed by atoms with E-state index in [1.807, 2.05) is 60.7 Å². The quantitative estimate of drug-likeness (QED) is 0.405. The maximum absolute atomic E-state index is 5.48. The van der Waals surface area contributed by atoms with Gasteiger partial charge in [-0.3, -0.25) is 0 Å². The van der Waals surface area contributed by atoms with Crippen LogP contribution in [0.1, 0.15) is 5.56 Å². The van der Waals surface area contributed by atoms with Gasteiger partial charge in [-0.15, -0.1) is 0 Å². The van der Waals surface area contributed by atoms with E-state index < -0.39 is 0 Å². The Kier molecular flexibility index (Phi) is 5.18. The molecule has 1 heterocycles. The molecule has 0 bridgehead atoms. The summed E-state index contributed by atoms with van der Waals surface area (Å²) in [5.41, 5.74) is 4.11. The first kappa shape index (κ1) is 17.7. The number of halogens is 1. The maximum atomic E-state index is 5.48. The van der Waals surface area contributed by atoms with Crippen molar-refractivity contribution in [2.45, 2.75) is 6.54 Å². The van der Waals surface area contributed by atoms with E-state index in [1.165, 1.54) is 5.56 Å². The number of rotatable bonds is 4. The number of aromatic nitrogens is 2. The monoisotopic (exact) mass is 436 g/mol. The molecular weight excluding hydrogens is 420 g/mol. The highest BCUT2D eigenvalue weighted by Gasteiger charge is 2.12. The summed E-state index contributed by atoms with van der Waals surface area (Å²) in [7, 11) is 0. The SMILES string of the molecule is S=C(Nc1ccccc1)Nc1nc2ccccc2n1Cc1ccc(Br)cc1. The van der Waals surface area contributed by atoms with Crippen LogP contribution in [0, 0.1) is 0 Å². The van der Waals surface area contributed by atoms with Crippen molar-refractivity contribution in [1.29, 1.82) is 0 Å². The van der Waals surface area contributed by atoms with Gasteiger partial charge in [-0.1, -0.05) is 58.4 Å². The van der Waals surface area contributed by atoms with Crippen LogP contribution in [0.25, 0.3) is 11.0 Å². The van der Waals surface area contributed by atoms with Crippen LogP contribution in [-0.4, -0.2) is 14.7 Å². The molecule has 0 aliphatic rings. The third-order valence-electron chi connectivity index (χ3n) is 4.17. The molecule has 4 rings (SSSR count). The number of thiocarbonyl (C=S) groups is 1. The molecule has 0 unspecified atom stereocenters. The number of hydrogen-bond acceptors (Lipinski definition) is 2. The number of fused-ring (bicyclic) bond motifs is 1. The van der Waals surface area contributed by atoms with E-state index in [4.69, 9.17) is 17.2 Å². The molecule has 2 N–H and O–H groups in total. The summed E-state index contributed by atoms with van der Waals surface area (Å²) < 4.78 is 3.20. The van der Waals surface area contributed by atoms with Crippen molar-refractivity contribution in [2.75, 3.05) is 10.6 Å². The Morgan fingerprint density at radius 3 is 2.37 bits per heavy atom. The minimum absolute atomic E-state index is 0.508. The fourth-order valence-electron chi connectivity index (χ4n) is 2.89. The van der Waals surface area contributed by atoms with Gasteiger partial charge in [0.2, 0.25) is 5.95 Å². The molecule has 0 amide bonds. The Bertz CT molecular complexity index is 1070. The maximum Gasteiger partial charge on any atom is 0.210 e. The molecule has 134 valence electrons. The standard InChI is InChI=1S/C21H17BrN4S/c22-16-12-10-15(11-13-16)14-26-19-9-5-4-8-18(19)24-20(26)25-21(27)23-17-6-2-1-3-7-17/h1-13H,14H2,(H2,23,24,25,27). The van der Waals surface area contributed by atoms with Gasteiger partial charge in [-0.25, -0.2) is 4.98 Å². The third kappa shape index (κ3) is 4.18. The van der Waals surface area contributed by atoms with Gasteiger partial charge in [0, 0.05) is 10.2 Å². The lowest BCUT2D eigenvalue weighted by Crippen LogP contribution is -2.21. The predicted molar refractivity (Wildman–Crippen MR) is 119 cm³/mol. The molecule has 0 fully saturated rings. The van der Waals surface area contributed by atoms with E-state index in [2.05, 4.69) is 49.3 Å². The predicted octanol–water partition coefficient (Wildman–Crippen LogP) is 5.66. The molecule has 1 aromatic heterocycles. The van der Waals surface area contributed by atoms with Gasteiger partial charge in [0.25, 0.3) is 0 Å². The number of nitrogens with one attached hydrogen (secondary N) is 2. The van der Waals surface area contributed by atoms with E-state index in [0.29, 0.717) is 17.6 Å². The summed E-state index contributed by atoms with van der Waals surface area (Å²) >= 11 is 8.97. The normalized spacial score (nSPS) is 10.7. The van der Waals surface area contributed by atoms with Crippen LogP contribution in [0.2, 0.25) is 0 Å². The second-order valence-corrected chi connectivity index (χ2v) is 7.41. The number of nitrogens with zero attached hydrogens (tertiary/aromatic N) is 2. The minimum atomic E-state index is 0.508. The third-order valence-corrected chi connectivity index (χ3v) is 4.90. The number of para-hydroxylation sites is 3. The lowest BCUT2D eigenvalue weighted by molar-refractivity contribution is 0.836. The fourth-order valence-corrected chi connectivity index (χ4v) is 3.36. The molecular formula is C21H17BrN4S. The van der Waals surface area contributed by atoms with Crippen LogP contribution in [0.15, 0.2) is 83.3 Å². The van der Waals surface area contributed by atoms with Crippen LogP contribution < -0.4 is 10.6 Å². The fraction of sp³-hybridized carbons (Fsp3) is 0.0476. The molecule has 0 radical (unpaired) electrons. The van der Waals surface area contributed by atoms with E-state index in [1.54, 1.807) is 0 Å². The van der Waals surface area contributed by atoms with Crippen molar-refractivity contribution in [3.8, 4) is 0 Å². The van der Waals surface area contributed by atoms with E-state index in [0.717, 1.165) is 21.2 Å². The van der Waals surface area contributed by atoms with Crippen LogP contribution in [0.3, 0.4) is 0 Å². The van der Waals surface area contributed by atoms with E-state index >= 15 is 0 Å². The average molecular weight is 437 g/mol. The molecule has 6 heteroatoms.